The van der Waals surface area contributed by atoms with Crippen molar-refractivity contribution in [3.05, 3.63) is 0 Å². The smallest absolute Gasteiger partial charge is 0.306 e. The summed E-state index contributed by atoms with van der Waals surface area (Å²) >= 11 is 0. The largest absolute Gasteiger partial charge is 0.461 e. The molecule has 0 radical (unpaired) electrons. The van der Waals surface area contributed by atoms with Gasteiger partial charge in [-0.2, -0.15) is 0 Å². The molecule has 0 saturated heterocycles. The second kappa shape index (κ2) is 31.8. The van der Waals surface area contributed by atoms with E-state index in [1.54, 1.807) is 0 Å². The number of quaternary nitrogens is 2. The van der Waals surface area contributed by atoms with Gasteiger partial charge in [-0.25, -0.2) is 0 Å². The first kappa shape index (κ1) is 46.9. The van der Waals surface area contributed by atoms with E-state index < -0.39 is 6.10 Å². The molecule has 0 N–H and O–H groups in total. The number of hydrogen-bond acceptors (Lipinski definition) is 4. The lowest BCUT2D eigenvalue weighted by Gasteiger charge is -2.35. The topological polar surface area (TPSA) is 52.6 Å². The van der Waals surface area contributed by atoms with Gasteiger partial charge in [0, 0.05) is 12.8 Å². The molecule has 0 aliphatic heterocycles. The molecule has 0 bridgehead atoms. The van der Waals surface area contributed by atoms with E-state index in [-0.39, 0.29) is 18.5 Å². The minimum Gasteiger partial charge on any atom is -0.461 e. The van der Waals surface area contributed by atoms with Crippen LogP contribution in [-0.2, 0) is 19.1 Å². The van der Waals surface area contributed by atoms with E-state index in [9.17, 15) is 9.59 Å². The lowest BCUT2D eigenvalue weighted by molar-refractivity contribution is -0.938. The lowest BCUT2D eigenvalue weighted by atomic mass is 10.0. The summed E-state index contributed by atoms with van der Waals surface area (Å²) in [5, 5.41) is 0. The predicted molar refractivity (Wildman–Crippen MR) is 206 cm³/mol. The van der Waals surface area contributed by atoms with E-state index >= 15 is 0 Å². The van der Waals surface area contributed by atoms with E-state index in [4.69, 9.17) is 9.47 Å². The van der Waals surface area contributed by atoms with Gasteiger partial charge in [-0.15, -0.1) is 0 Å². The summed E-state index contributed by atoms with van der Waals surface area (Å²) in [6, 6.07) is 0. The van der Waals surface area contributed by atoms with Crippen molar-refractivity contribution in [2.45, 2.75) is 200 Å². The van der Waals surface area contributed by atoms with Crippen LogP contribution in [0.1, 0.15) is 194 Å². The van der Waals surface area contributed by atoms with E-state index in [0.717, 1.165) is 47.7 Å². The fraction of sp³-hybridized carbons (Fsp3) is 0.952. The fourth-order valence-corrected chi connectivity index (χ4v) is 6.41. The monoisotopic (exact) mass is 683 g/mol. The molecule has 6 nitrogen and oxygen atoms in total. The Morgan fingerprint density at radius 3 is 1.15 bits per heavy atom. The molecule has 0 aromatic rings. The van der Waals surface area contributed by atoms with Crippen LogP contribution in [0.3, 0.4) is 0 Å². The zero-order chi connectivity index (χ0) is 35.8. The highest BCUT2D eigenvalue weighted by Gasteiger charge is 2.28. The summed E-state index contributed by atoms with van der Waals surface area (Å²) in [4.78, 5) is 25.4. The third-order valence-electron chi connectivity index (χ3n) is 9.77. The van der Waals surface area contributed by atoms with Crippen LogP contribution < -0.4 is 0 Å². The number of nitrogens with zero attached hydrogens (tertiary/aromatic N) is 2. The third kappa shape index (κ3) is 34.7. The number of likely N-dealkylation sites (N-methyl/N-ethyl adjacent to an activating group) is 2. The molecule has 286 valence electrons. The van der Waals surface area contributed by atoms with Gasteiger partial charge in [0.2, 0.25) is 0 Å². The standard InChI is InChI=1S/C42H86N2O4/c1-8-10-12-14-16-18-20-22-24-26-28-30-32-34-41(45)47-39-40(38-44(6,7)37-36-43(3,4)5)48-42(46)35-33-31-29-27-25-23-21-19-17-15-13-11-9-2/h40H,8-39H2,1-7H3/q+2/t40-/m0/s1. The molecule has 0 unspecified atom stereocenters. The van der Waals surface area contributed by atoms with Crippen LogP contribution in [0.4, 0.5) is 0 Å². The summed E-state index contributed by atoms with van der Waals surface area (Å²) in [7, 11) is 11.0. The average Bonchev–Trinajstić information content (AvgIpc) is 3.03. The highest BCUT2D eigenvalue weighted by Crippen LogP contribution is 2.16. The van der Waals surface area contributed by atoms with E-state index in [1.165, 1.54) is 141 Å². The molecule has 1 atom stereocenters. The molecule has 0 aromatic heterocycles. The molecule has 0 rings (SSSR count). The highest BCUT2D eigenvalue weighted by molar-refractivity contribution is 5.70. The Balaban J connectivity index is 4.30. The van der Waals surface area contributed by atoms with Crippen LogP contribution in [0.25, 0.3) is 0 Å². The maximum absolute atomic E-state index is 12.8. The van der Waals surface area contributed by atoms with Gasteiger partial charge in [-0.1, -0.05) is 168 Å². The van der Waals surface area contributed by atoms with Crippen LogP contribution in [-0.4, -0.2) is 88.5 Å². The summed E-state index contributed by atoms with van der Waals surface area (Å²) in [6.45, 7) is 7.34. The first-order valence-corrected chi connectivity index (χ1v) is 21.0. The summed E-state index contributed by atoms with van der Waals surface area (Å²) in [5.74, 6) is -0.311. The second-order valence-electron chi connectivity index (χ2n) is 16.6. The van der Waals surface area contributed by atoms with E-state index in [0.29, 0.717) is 19.4 Å². The molecule has 0 aliphatic carbocycles. The van der Waals surface area contributed by atoms with Crippen LogP contribution >= 0.6 is 0 Å². The van der Waals surface area contributed by atoms with Crippen molar-refractivity contribution in [2.75, 3.05) is 61.5 Å². The minimum absolute atomic E-state index is 0.151. The summed E-state index contributed by atoms with van der Waals surface area (Å²) in [6.07, 6.45) is 34.0. The number of rotatable bonds is 36. The van der Waals surface area contributed by atoms with Gasteiger partial charge >= 0.3 is 11.9 Å². The molecule has 0 aromatic carbocycles. The van der Waals surface area contributed by atoms with Gasteiger partial charge in [0.05, 0.1) is 35.2 Å². The molecule has 6 heteroatoms. The van der Waals surface area contributed by atoms with Crippen LogP contribution in [0, 0.1) is 0 Å². The van der Waals surface area contributed by atoms with Gasteiger partial charge in [0.15, 0.2) is 6.10 Å². The number of unbranched alkanes of at least 4 members (excludes halogenated alkanes) is 24. The summed E-state index contributed by atoms with van der Waals surface area (Å²) in [5.41, 5.74) is 0. The zero-order valence-electron chi connectivity index (χ0n) is 33.7. The Labute approximate surface area is 300 Å². The van der Waals surface area contributed by atoms with Crippen molar-refractivity contribution in [1.82, 2.24) is 0 Å². The second-order valence-corrected chi connectivity index (χ2v) is 16.6. The molecule has 48 heavy (non-hydrogen) atoms. The fourth-order valence-electron chi connectivity index (χ4n) is 6.41. The predicted octanol–water partition coefficient (Wildman–Crippen LogP) is 11.2. The van der Waals surface area contributed by atoms with Crippen LogP contribution in [0.5, 0.6) is 0 Å². The van der Waals surface area contributed by atoms with Gasteiger partial charge in [0.1, 0.15) is 26.2 Å². The quantitative estimate of drug-likeness (QED) is 0.0375. The van der Waals surface area contributed by atoms with Gasteiger partial charge < -0.3 is 18.4 Å². The van der Waals surface area contributed by atoms with Gasteiger partial charge in [-0.3, -0.25) is 9.59 Å². The molecule has 0 amide bonds. The SMILES string of the molecule is CCCCCCCCCCCCCCCC(=O)OC[C@H](C[N+](C)(C)CC[N+](C)(C)C)OC(=O)CCCCCCCCCCCCCCC. The first-order chi connectivity index (χ1) is 23.0. The minimum atomic E-state index is -0.405. The highest BCUT2D eigenvalue weighted by atomic mass is 16.6. The summed E-state index contributed by atoms with van der Waals surface area (Å²) < 4.78 is 13.3. The zero-order valence-corrected chi connectivity index (χ0v) is 33.7. The molecule has 0 heterocycles. The first-order valence-electron chi connectivity index (χ1n) is 21.0. The Hall–Kier alpha value is -1.14. The molecule has 0 aliphatic rings. The molecule has 0 spiro atoms. The molecular weight excluding hydrogens is 596 g/mol. The maximum atomic E-state index is 12.8. The lowest BCUT2D eigenvalue weighted by Crippen LogP contribution is -2.53. The van der Waals surface area contributed by atoms with Crippen molar-refractivity contribution in [3.63, 3.8) is 0 Å². The Morgan fingerprint density at radius 1 is 0.458 bits per heavy atom. The number of ether oxygens (including phenoxy) is 2. The van der Waals surface area contributed by atoms with Crippen LogP contribution in [0.2, 0.25) is 0 Å². The number of carbonyl (C=O) groups excluding carboxylic acids is 2. The van der Waals surface area contributed by atoms with Crippen LogP contribution in [0.15, 0.2) is 0 Å². The normalized spacial score (nSPS) is 12.7. The Morgan fingerprint density at radius 2 is 0.792 bits per heavy atom. The van der Waals surface area contributed by atoms with Gasteiger partial charge in [0.25, 0.3) is 0 Å². The Kier molecular flexibility index (Phi) is 31.1. The molecular formula is C42H86N2O4+2. The number of hydrogen-bond donors (Lipinski definition) is 0. The Bertz CT molecular complexity index is 734. The molecule has 0 saturated carbocycles. The van der Waals surface area contributed by atoms with E-state index in [2.05, 4.69) is 49.1 Å². The van der Waals surface area contributed by atoms with Crippen molar-refractivity contribution < 1.29 is 28.0 Å². The maximum Gasteiger partial charge on any atom is 0.306 e. The van der Waals surface area contributed by atoms with Gasteiger partial charge in [-0.05, 0) is 12.8 Å². The number of esters is 2. The van der Waals surface area contributed by atoms with Crippen molar-refractivity contribution in [3.8, 4) is 0 Å². The van der Waals surface area contributed by atoms with E-state index in [1.807, 2.05) is 0 Å². The third-order valence-corrected chi connectivity index (χ3v) is 9.77. The van der Waals surface area contributed by atoms with Crippen molar-refractivity contribution >= 4 is 11.9 Å². The van der Waals surface area contributed by atoms with Crippen molar-refractivity contribution in [1.29, 1.82) is 0 Å². The average molecular weight is 683 g/mol. The van der Waals surface area contributed by atoms with Crippen molar-refractivity contribution in [2.24, 2.45) is 0 Å². The number of carbonyl (C=O) groups is 2. The molecule has 0 fully saturated rings.